The second kappa shape index (κ2) is 5.78. The molecule has 3 rings (SSSR count). The first-order chi connectivity index (χ1) is 9.24. The molecule has 19 heavy (non-hydrogen) atoms. The van der Waals surface area contributed by atoms with Gasteiger partial charge < -0.3 is 5.32 Å². The quantitative estimate of drug-likeness (QED) is 0.818. The van der Waals surface area contributed by atoms with E-state index in [1.54, 1.807) is 0 Å². The molecule has 0 saturated heterocycles. The van der Waals surface area contributed by atoms with E-state index in [0.29, 0.717) is 18.0 Å². The molecule has 3 heteroatoms. The molecule has 1 N–H and O–H groups in total. The highest BCUT2D eigenvalue weighted by molar-refractivity contribution is 9.10. The van der Waals surface area contributed by atoms with Crippen LogP contribution < -0.4 is 5.32 Å². The monoisotopic (exact) mass is 335 g/mol. The summed E-state index contributed by atoms with van der Waals surface area (Å²) >= 11 is 5.49. The van der Waals surface area contributed by atoms with Crippen LogP contribution in [0.15, 0.2) is 46.3 Å². The van der Waals surface area contributed by atoms with Gasteiger partial charge >= 0.3 is 0 Å². The Bertz CT molecular complexity index is 531. The van der Waals surface area contributed by atoms with E-state index >= 15 is 0 Å². The average Bonchev–Trinajstić information content (AvgIpc) is 2.88. The van der Waals surface area contributed by atoms with E-state index in [4.69, 9.17) is 0 Å². The first-order valence-electron chi connectivity index (χ1n) is 6.78. The summed E-state index contributed by atoms with van der Waals surface area (Å²) < 4.78 is 1.25. The van der Waals surface area contributed by atoms with Gasteiger partial charge in [-0.2, -0.15) is 0 Å². The van der Waals surface area contributed by atoms with Crippen LogP contribution in [0.1, 0.15) is 42.2 Å². The molecule has 1 nitrogen and oxygen atoms in total. The van der Waals surface area contributed by atoms with Crippen LogP contribution in [-0.4, -0.2) is 6.04 Å². The van der Waals surface area contributed by atoms with Crippen molar-refractivity contribution in [1.82, 2.24) is 5.32 Å². The Morgan fingerprint density at radius 3 is 2.68 bits per heavy atom. The lowest BCUT2D eigenvalue weighted by atomic mass is 9.75. The van der Waals surface area contributed by atoms with Crippen LogP contribution in [0.25, 0.3) is 0 Å². The van der Waals surface area contributed by atoms with Gasteiger partial charge in [0.05, 0.1) is 0 Å². The zero-order valence-electron chi connectivity index (χ0n) is 11.0. The van der Waals surface area contributed by atoms with Gasteiger partial charge in [0.15, 0.2) is 0 Å². The van der Waals surface area contributed by atoms with Gasteiger partial charge in [0.2, 0.25) is 0 Å². The van der Waals surface area contributed by atoms with Crippen LogP contribution in [0.3, 0.4) is 0 Å². The van der Waals surface area contributed by atoms with E-state index in [-0.39, 0.29) is 0 Å². The van der Waals surface area contributed by atoms with Gasteiger partial charge in [0, 0.05) is 21.4 Å². The molecule has 1 fully saturated rings. The van der Waals surface area contributed by atoms with Gasteiger partial charge in [-0.05, 0) is 48.8 Å². The van der Waals surface area contributed by atoms with E-state index in [2.05, 4.69) is 69.9 Å². The molecule has 1 aliphatic rings. The second-order valence-electron chi connectivity index (χ2n) is 5.29. The maximum atomic E-state index is 3.73. The molecule has 0 bridgehead atoms. The van der Waals surface area contributed by atoms with Crippen molar-refractivity contribution < 1.29 is 0 Å². The third kappa shape index (κ3) is 2.93. The van der Waals surface area contributed by atoms with Crippen LogP contribution in [0, 0.1) is 0 Å². The summed E-state index contributed by atoms with van der Waals surface area (Å²) in [6.45, 7) is 2.26. The third-order valence-corrected chi connectivity index (χ3v) is 5.72. The van der Waals surface area contributed by atoms with Crippen molar-refractivity contribution in [1.29, 1.82) is 0 Å². The molecular weight excluding hydrogens is 318 g/mol. The zero-order chi connectivity index (χ0) is 13.2. The van der Waals surface area contributed by atoms with E-state index < -0.39 is 0 Å². The first-order valence-corrected chi connectivity index (χ1v) is 8.45. The molecule has 0 radical (unpaired) electrons. The van der Waals surface area contributed by atoms with Crippen molar-refractivity contribution in [2.24, 2.45) is 0 Å². The van der Waals surface area contributed by atoms with Crippen molar-refractivity contribution in [2.75, 3.05) is 0 Å². The molecule has 1 aromatic heterocycles. The molecule has 2 aromatic rings. The molecule has 1 saturated carbocycles. The van der Waals surface area contributed by atoms with Gasteiger partial charge in [-0.15, -0.1) is 11.3 Å². The van der Waals surface area contributed by atoms with Crippen LogP contribution in [0.5, 0.6) is 0 Å². The summed E-state index contributed by atoms with van der Waals surface area (Å²) in [4.78, 5) is 1.43. The maximum Gasteiger partial charge on any atom is 0.0388 e. The van der Waals surface area contributed by atoms with Gasteiger partial charge in [0.25, 0.3) is 0 Å². The van der Waals surface area contributed by atoms with Gasteiger partial charge in [-0.1, -0.05) is 40.2 Å². The Labute approximate surface area is 127 Å². The molecule has 0 aliphatic heterocycles. The molecule has 0 spiro atoms. The second-order valence-corrected chi connectivity index (χ2v) is 7.12. The lowest BCUT2D eigenvalue weighted by Crippen LogP contribution is -2.41. The number of hydrogen-bond donors (Lipinski definition) is 1. The largest absolute Gasteiger partial charge is 0.307 e. The highest BCUT2D eigenvalue weighted by Crippen LogP contribution is 2.40. The standard InChI is InChI=1S/C16H18BrNS/c1-11(16-7-4-8-19-16)18-13-9-12(10-13)14-5-2-3-6-15(14)17/h2-8,11-13,18H,9-10H2,1H3/t11-,12?,13?/m0/s1. The van der Waals surface area contributed by atoms with Crippen molar-refractivity contribution in [3.05, 3.63) is 56.7 Å². The Hall–Kier alpha value is -0.640. The Kier molecular flexibility index (Phi) is 4.06. The normalized spacial score (nSPS) is 23.9. The third-order valence-electron chi connectivity index (χ3n) is 3.94. The van der Waals surface area contributed by atoms with E-state index in [1.807, 2.05) is 11.3 Å². The average molecular weight is 336 g/mol. The molecule has 1 aromatic carbocycles. The lowest BCUT2D eigenvalue weighted by Gasteiger charge is -2.38. The SMILES string of the molecule is C[C@H](NC1CC(c2ccccc2Br)C1)c1cccs1. The molecule has 1 aliphatic carbocycles. The summed E-state index contributed by atoms with van der Waals surface area (Å²) in [7, 11) is 0. The first kappa shape index (κ1) is 13.3. The Balaban J connectivity index is 1.55. The van der Waals surface area contributed by atoms with E-state index in [0.717, 1.165) is 0 Å². The van der Waals surface area contributed by atoms with Crippen molar-refractivity contribution >= 4 is 27.3 Å². The van der Waals surface area contributed by atoms with Crippen molar-refractivity contribution in [3.8, 4) is 0 Å². The molecule has 1 atom stereocenters. The number of rotatable bonds is 4. The fourth-order valence-electron chi connectivity index (χ4n) is 2.79. The van der Waals surface area contributed by atoms with Crippen molar-refractivity contribution in [3.63, 3.8) is 0 Å². The maximum absolute atomic E-state index is 3.73. The molecule has 1 heterocycles. The number of thiophene rings is 1. The molecule has 0 amide bonds. The minimum Gasteiger partial charge on any atom is -0.307 e. The summed E-state index contributed by atoms with van der Waals surface area (Å²) in [6, 6.07) is 14.1. The van der Waals surface area contributed by atoms with Gasteiger partial charge in [0.1, 0.15) is 0 Å². The van der Waals surface area contributed by atoms with E-state index in [9.17, 15) is 0 Å². The lowest BCUT2D eigenvalue weighted by molar-refractivity contribution is 0.271. The Morgan fingerprint density at radius 1 is 1.21 bits per heavy atom. The number of halogens is 1. The van der Waals surface area contributed by atoms with Crippen LogP contribution in [0.4, 0.5) is 0 Å². The smallest absolute Gasteiger partial charge is 0.0388 e. The summed E-state index contributed by atoms with van der Waals surface area (Å²) in [5.74, 6) is 0.712. The topological polar surface area (TPSA) is 12.0 Å². The highest BCUT2D eigenvalue weighted by atomic mass is 79.9. The number of nitrogens with one attached hydrogen (secondary N) is 1. The number of hydrogen-bond acceptors (Lipinski definition) is 2. The molecule has 0 unspecified atom stereocenters. The molecule has 100 valence electrons. The fourth-order valence-corrected chi connectivity index (χ4v) is 4.14. The van der Waals surface area contributed by atoms with Crippen LogP contribution >= 0.6 is 27.3 Å². The summed E-state index contributed by atoms with van der Waals surface area (Å²) in [5, 5.41) is 5.88. The predicted octanol–water partition coefficient (Wildman–Crippen LogP) is 5.11. The highest BCUT2D eigenvalue weighted by Gasteiger charge is 2.32. The minimum atomic E-state index is 0.477. The van der Waals surface area contributed by atoms with Gasteiger partial charge in [-0.3, -0.25) is 0 Å². The number of benzene rings is 1. The summed E-state index contributed by atoms with van der Waals surface area (Å²) in [5.41, 5.74) is 1.46. The summed E-state index contributed by atoms with van der Waals surface area (Å²) in [6.07, 6.45) is 2.50. The van der Waals surface area contributed by atoms with E-state index in [1.165, 1.54) is 27.8 Å². The van der Waals surface area contributed by atoms with Crippen LogP contribution in [0.2, 0.25) is 0 Å². The van der Waals surface area contributed by atoms with Gasteiger partial charge in [-0.25, -0.2) is 0 Å². The van der Waals surface area contributed by atoms with Crippen molar-refractivity contribution in [2.45, 2.75) is 37.8 Å². The molecular formula is C16H18BrNS. The zero-order valence-corrected chi connectivity index (χ0v) is 13.4. The fraction of sp³-hybridized carbons (Fsp3) is 0.375. The van der Waals surface area contributed by atoms with Crippen LogP contribution in [-0.2, 0) is 0 Å². The Morgan fingerprint density at radius 2 is 2.00 bits per heavy atom. The predicted molar refractivity (Wildman–Crippen MR) is 85.8 cm³/mol. The minimum absolute atomic E-state index is 0.477.